The van der Waals surface area contributed by atoms with Gasteiger partial charge in [0.05, 0.1) is 0 Å². The second-order valence-electron chi connectivity index (χ2n) is 7.59. The van der Waals surface area contributed by atoms with Crippen molar-refractivity contribution in [3.05, 3.63) is 0 Å². The third-order valence-electron chi connectivity index (χ3n) is 3.70. The van der Waals surface area contributed by atoms with Crippen molar-refractivity contribution < 1.29 is 24.2 Å². The van der Waals surface area contributed by atoms with Crippen LogP contribution in [0.3, 0.4) is 0 Å². The first-order chi connectivity index (χ1) is 12.7. The summed E-state index contributed by atoms with van der Waals surface area (Å²) in [6.45, 7) is 7.01. The summed E-state index contributed by atoms with van der Waals surface area (Å²) in [4.78, 5) is 33.3. The summed E-state index contributed by atoms with van der Waals surface area (Å²) in [5.41, 5.74) is -0.460. The number of unbranched alkanes of at least 4 members (excludes halogenated alkanes) is 6. The predicted molar refractivity (Wildman–Crippen MR) is 105 cm³/mol. The molecule has 0 aliphatic carbocycles. The first-order valence-corrected chi connectivity index (χ1v) is 9.91. The van der Waals surface area contributed by atoms with Crippen LogP contribution >= 0.6 is 0 Å². The third kappa shape index (κ3) is 20.2. The van der Waals surface area contributed by atoms with E-state index in [1.165, 1.54) is 0 Å². The summed E-state index contributed by atoms with van der Waals surface area (Å²) in [5, 5.41) is 16.2. The molecule has 0 saturated carbocycles. The van der Waals surface area contributed by atoms with E-state index in [2.05, 4.69) is 16.0 Å². The van der Waals surface area contributed by atoms with Crippen molar-refractivity contribution in [2.75, 3.05) is 19.6 Å². The van der Waals surface area contributed by atoms with E-state index in [9.17, 15) is 14.4 Å². The molecule has 0 aliphatic heterocycles. The van der Waals surface area contributed by atoms with Gasteiger partial charge in [0.2, 0.25) is 5.91 Å². The molecule has 158 valence electrons. The largest absolute Gasteiger partial charge is 0.465 e. The van der Waals surface area contributed by atoms with Crippen LogP contribution in [0.4, 0.5) is 9.59 Å². The Labute approximate surface area is 162 Å². The highest BCUT2D eigenvalue weighted by molar-refractivity contribution is 5.75. The van der Waals surface area contributed by atoms with Crippen molar-refractivity contribution >= 4 is 18.1 Å². The van der Waals surface area contributed by atoms with Gasteiger partial charge in [-0.15, -0.1) is 0 Å². The van der Waals surface area contributed by atoms with Crippen LogP contribution in [0.2, 0.25) is 0 Å². The van der Waals surface area contributed by atoms with Gasteiger partial charge in [0, 0.05) is 26.1 Å². The first-order valence-electron chi connectivity index (χ1n) is 9.91. The smallest absolute Gasteiger partial charge is 0.407 e. The number of carbonyl (C=O) groups excluding carboxylic acids is 2. The van der Waals surface area contributed by atoms with E-state index in [1.807, 2.05) is 20.8 Å². The molecule has 0 unspecified atom stereocenters. The number of amides is 3. The SMILES string of the molecule is CC(C)(C)OC(=O)NCCCCCCCCCC(=O)NCCCNC(=O)O. The van der Waals surface area contributed by atoms with E-state index < -0.39 is 11.7 Å². The molecule has 0 fully saturated rings. The van der Waals surface area contributed by atoms with Crippen molar-refractivity contribution in [2.45, 2.75) is 84.2 Å². The fourth-order valence-electron chi connectivity index (χ4n) is 2.40. The molecule has 0 radical (unpaired) electrons. The first kappa shape index (κ1) is 25.0. The molecule has 0 saturated heterocycles. The molecule has 0 aliphatic rings. The zero-order valence-electron chi connectivity index (χ0n) is 17.1. The summed E-state index contributed by atoms with van der Waals surface area (Å²) in [7, 11) is 0. The molecule has 0 atom stereocenters. The molecule has 0 bridgehead atoms. The van der Waals surface area contributed by atoms with Crippen LogP contribution in [0, 0.1) is 0 Å². The molecule has 0 heterocycles. The fourth-order valence-corrected chi connectivity index (χ4v) is 2.40. The van der Waals surface area contributed by atoms with Crippen molar-refractivity contribution in [2.24, 2.45) is 0 Å². The molecule has 0 rings (SSSR count). The third-order valence-corrected chi connectivity index (χ3v) is 3.70. The quantitative estimate of drug-likeness (QED) is 0.341. The number of ether oxygens (including phenoxy) is 1. The van der Waals surface area contributed by atoms with Crippen LogP contribution in [0.15, 0.2) is 0 Å². The van der Waals surface area contributed by atoms with Gasteiger partial charge in [-0.1, -0.05) is 32.1 Å². The lowest BCUT2D eigenvalue weighted by molar-refractivity contribution is -0.121. The molecule has 4 N–H and O–H groups in total. The Morgan fingerprint density at radius 1 is 0.741 bits per heavy atom. The minimum absolute atomic E-state index is 0.0264. The van der Waals surface area contributed by atoms with Gasteiger partial charge in [-0.05, 0) is 40.0 Å². The average Bonchev–Trinajstić information content (AvgIpc) is 2.54. The normalized spacial score (nSPS) is 10.9. The Morgan fingerprint density at radius 2 is 1.26 bits per heavy atom. The molecular formula is C19H37N3O5. The average molecular weight is 388 g/mol. The van der Waals surface area contributed by atoms with Crippen LogP contribution in [-0.2, 0) is 9.53 Å². The fraction of sp³-hybridized carbons (Fsp3) is 0.842. The topological polar surface area (TPSA) is 117 Å². The summed E-state index contributed by atoms with van der Waals surface area (Å²) < 4.78 is 5.17. The second kappa shape index (κ2) is 15.1. The van der Waals surface area contributed by atoms with E-state index in [1.54, 1.807) is 0 Å². The second-order valence-corrected chi connectivity index (χ2v) is 7.59. The lowest BCUT2D eigenvalue weighted by Crippen LogP contribution is -2.32. The number of rotatable bonds is 14. The minimum atomic E-state index is -1.04. The maximum atomic E-state index is 11.6. The van der Waals surface area contributed by atoms with E-state index in [-0.39, 0.29) is 12.0 Å². The van der Waals surface area contributed by atoms with Crippen LogP contribution in [0.5, 0.6) is 0 Å². The number of nitrogens with one attached hydrogen (secondary N) is 3. The van der Waals surface area contributed by atoms with Crippen LogP contribution < -0.4 is 16.0 Å². The number of hydrogen-bond acceptors (Lipinski definition) is 4. The van der Waals surface area contributed by atoms with Gasteiger partial charge >= 0.3 is 12.2 Å². The maximum Gasteiger partial charge on any atom is 0.407 e. The van der Waals surface area contributed by atoms with Crippen molar-refractivity contribution in [3.8, 4) is 0 Å². The lowest BCUT2D eigenvalue weighted by atomic mass is 10.1. The van der Waals surface area contributed by atoms with Crippen molar-refractivity contribution in [1.29, 1.82) is 0 Å². The van der Waals surface area contributed by atoms with E-state index in [0.717, 1.165) is 44.9 Å². The van der Waals surface area contributed by atoms with E-state index in [0.29, 0.717) is 32.5 Å². The summed E-state index contributed by atoms with van der Waals surface area (Å²) in [6, 6.07) is 0. The molecule has 8 heteroatoms. The summed E-state index contributed by atoms with van der Waals surface area (Å²) >= 11 is 0. The molecule has 8 nitrogen and oxygen atoms in total. The van der Waals surface area contributed by atoms with Gasteiger partial charge in [0.25, 0.3) is 0 Å². The number of alkyl carbamates (subject to hydrolysis) is 1. The summed E-state index contributed by atoms with van der Waals surface area (Å²) in [6.07, 6.45) is 7.00. The standard InChI is InChI=1S/C19H37N3O5/c1-19(2,3)27-18(26)22-13-10-8-6-4-5-7-9-12-16(23)20-14-11-15-21-17(24)25/h21H,4-15H2,1-3H3,(H,20,23)(H,22,26)(H,24,25). The highest BCUT2D eigenvalue weighted by atomic mass is 16.6. The van der Waals surface area contributed by atoms with Crippen molar-refractivity contribution in [3.63, 3.8) is 0 Å². The van der Waals surface area contributed by atoms with Gasteiger partial charge in [-0.2, -0.15) is 0 Å². The number of hydrogen-bond donors (Lipinski definition) is 4. The van der Waals surface area contributed by atoms with Gasteiger partial charge in [0.15, 0.2) is 0 Å². The zero-order chi connectivity index (χ0) is 20.5. The molecule has 27 heavy (non-hydrogen) atoms. The molecule has 3 amide bonds. The Balaban J connectivity index is 3.32. The maximum absolute atomic E-state index is 11.6. The van der Waals surface area contributed by atoms with Gasteiger partial charge in [-0.25, -0.2) is 9.59 Å². The number of carboxylic acid groups (broad SMARTS) is 1. The Bertz CT molecular complexity index is 436. The minimum Gasteiger partial charge on any atom is -0.465 e. The van der Waals surface area contributed by atoms with Crippen molar-refractivity contribution in [1.82, 2.24) is 16.0 Å². The van der Waals surface area contributed by atoms with E-state index in [4.69, 9.17) is 9.84 Å². The lowest BCUT2D eigenvalue weighted by Gasteiger charge is -2.19. The Morgan fingerprint density at radius 3 is 1.85 bits per heavy atom. The Hall–Kier alpha value is -1.99. The monoisotopic (exact) mass is 387 g/mol. The van der Waals surface area contributed by atoms with Gasteiger partial charge in [-0.3, -0.25) is 4.79 Å². The molecule has 0 aromatic heterocycles. The molecular weight excluding hydrogens is 350 g/mol. The van der Waals surface area contributed by atoms with E-state index >= 15 is 0 Å². The molecule has 0 aromatic carbocycles. The van der Waals surface area contributed by atoms with Gasteiger partial charge in [0.1, 0.15) is 5.60 Å². The highest BCUT2D eigenvalue weighted by Gasteiger charge is 2.15. The predicted octanol–water partition coefficient (Wildman–Crippen LogP) is 3.41. The zero-order valence-corrected chi connectivity index (χ0v) is 17.1. The van der Waals surface area contributed by atoms with Crippen LogP contribution in [-0.4, -0.2) is 48.4 Å². The molecule has 0 aromatic rings. The van der Waals surface area contributed by atoms with Gasteiger partial charge < -0.3 is 25.8 Å². The number of carbonyl (C=O) groups is 3. The van der Waals surface area contributed by atoms with Crippen LogP contribution in [0.1, 0.15) is 78.6 Å². The highest BCUT2D eigenvalue weighted by Crippen LogP contribution is 2.09. The Kier molecular flexibility index (Phi) is 14.0. The summed E-state index contributed by atoms with van der Waals surface area (Å²) in [5.74, 6) is 0.0264. The van der Waals surface area contributed by atoms with Crippen LogP contribution in [0.25, 0.3) is 0 Å². The molecule has 0 spiro atoms.